The van der Waals surface area contributed by atoms with Crippen molar-refractivity contribution in [3.63, 3.8) is 0 Å². The minimum Gasteiger partial charge on any atom is -0.318 e. The van der Waals surface area contributed by atoms with Crippen molar-refractivity contribution < 1.29 is 9.05 Å². The number of nitrogens with one attached hydrogen (secondary N) is 1. The third-order valence-corrected chi connectivity index (χ3v) is 4.12. The zero-order valence-corrected chi connectivity index (χ0v) is 10.8. The van der Waals surface area contributed by atoms with E-state index in [0.717, 1.165) is 0 Å². The molecule has 0 bridgehead atoms. The molecule has 1 N–H and O–H groups in total. The van der Waals surface area contributed by atoms with E-state index in [1.54, 1.807) is 0 Å². The summed E-state index contributed by atoms with van der Waals surface area (Å²) in [4.78, 5) is 0. The summed E-state index contributed by atoms with van der Waals surface area (Å²) in [5.41, 5.74) is -0.0696. The Hall–Kier alpha value is 0.530. The summed E-state index contributed by atoms with van der Waals surface area (Å²) < 4.78 is 10.9. The van der Waals surface area contributed by atoms with Crippen LogP contribution in [0, 0.1) is 0 Å². The first-order chi connectivity index (χ1) is 5.83. The van der Waals surface area contributed by atoms with Gasteiger partial charge in [0.1, 0.15) is 0 Å². The second kappa shape index (κ2) is 5.42. The summed E-state index contributed by atoms with van der Waals surface area (Å²) in [5, 5.41) is 3.22. The molecular weight excluding hydrogens is 205 g/mol. The van der Waals surface area contributed by atoms with Crippen molar-refractivity contribution in [1.82, 2.24) is 5.09 Å². The molecule has 0 aromatic carbocycles. The minimum absolute atomic E-state index is 0.0696. The summed E-state index contributed by atoms with van der Waals surface area (Å²) >= 11 is 5.30. The Morgan fingerprint density at radius 2 is 1.54 bits per heavy atom. The number of rotatable bonds is 5. The van der Waals surface area contributed by atoms with Gasteiger partial charge in [-0.15, -0.1) is 0 Å². The van der Waals surface area contributed by atoms with Crippen molar-refractivity contribution in [1.29, 1.82) is 0 Å². The van der Waals surface area contributed by atoms with Gasteiger partial charge in [0.15, 0.2) is 0 Å². The van der Waals surface area contributed by atoms with Crippen molar-refractivity contribution in [2.24, 2.45) is 0 Å². The van der Waals surface area contributed by atoms with Crippen molar-refractivity contribution in [2.45, 2.75) is 40.2 Å². The lowest BCUT2D eigenvalue weighted by atomic mass is 10.1. The first-order valence-electron chi connectivity index (χ1n) is 4.51. The van der Waals surface area contributed by atoms with E-state index in [2.05, 4.69) is 5.09 Å². The SMILES string of the molecule is CCOP(=S)(NC(C)(C)C)OCC. The third kappa shape index (κ3) is 6.58. The maximum absolute atomic E-state index is 5.44. The molecule has 0 aromatic heterocycles. The van der Waals surface area contributed by atoms with E-state index < -0.39 is 6.64 Å². The average Bonchev–Trinajstić information content (AvgIpc) is 1.82. The molecule has 3 nitrogen and oxygen atoms in total. The first-order valence-corrected chi connectivity index (χ1v) is 7.15. The number of hydrogen-bond donors (Lipinski definition) is 1. The van der Waals surface area contributed by atoms with Crippen LogP contribution < -0.4 is 5.09 Å². The van der Waals surface area contributed by atoms with Crippen LogP contribution in [0.4, 0.5) is 0 Å². The molecule has 80 valence electrons. The van der Waals surface area contributed by atoms with Gasteiger partial charge in [0.25, 0.3) is 6.64 Å². The van der Waals surface area contributed by atoms with Gasteiger partial charge in [-0.05, 0) is 46.4 Å². The lowest BCUT2D eigenvalue weighted by Gasteiger charge is -2.30. The van der Waals surface area contributed by atoms with Crippen molar-refractivity contribution in [3.05, 3.63) is 0 Å². The van der Waals surface area contributed by atoms with E-state index in [0.29, 0.717) is 13.2 Å². The summed E-state index contributed by atoms with van der Waals surface area (Å²) in [6, 6.07) is 0. The Bertz CT molecular complexity index is 181. The molecule has 5 heteroatoms. The molecule has 0 fully saturated rings. The predicted molar refractivity (Wildman–Crippen MR) is 60.4 cm³/mol. The summed E-state index contributed by atoms with van der Waals surface area (Å²) in [5.74, 6) is 0. The van der Waals surface area contributed by atoms with E-state index in [1.807, 2.05) is 34.6 Å². The zero-order chi connectivity index (χ0) is 10.5. The van der Waals surface area contributed by atoms with Gasteiger partial charge >= 0.3 is 0 Å². The second-order valence-electron chi connectivity index (χ2n) is 3.69. The van der Waals surface area contributed by atoms with Crippen LogP contribution in [0.2, 0.25) is 0 Å². The van der Waals surface area contributed by atoms with E-state index in [9.17, 15) is 0 Å². The highest BCUT2D eigenvalue weighted by Gasteiger charge is 2.24. The molecule has 0 radical (unpaired) electrons. The normalized spacial score (nSPS) is 13.3. The van der Waals surface area contributed by atoms with Crippen LogP contribution in [0.3, 0.4) is 0 Å². The molecule has 0 aliphatic rings. The highest BCUT2D eigenvalue weighted by Crippen LogP contribution is 2.45. The topological polar surface area (TPSA) is 30.5 Å². The Morgan fingerprint density at radius 3 is 1.77 bits per heavy atom. The molecular formula is C8H20NO2PS. The third-order valence-electron chi connectivity index (χ3n) is 1.07. The molecule has 0 heterocycles. The molecule has 0 saturated heterocycles. The largest absolute Gasteiger partial charge is 0.318 e. The number of hydrogen-bond acceptors (Lipinski definition) is 3. The quantitative estimate of drug-likeness (QED) is 0.729. The molecule has 0 atom stereocenters. The lowest BCUT2D eigenvalue weighted by molar-refractivity contribution is 0.248. The van der Waals surface area contributed by atoms with E-state index in [-0.39, 0.29) is 5.54 Å². The smallest absolute Gasteiger partial charge is 0.261 e. The Kier molecular flexibility index (Phi) is 5.64. The minimum atomic E-state index is -2.26. The summed E-state index contributed by atoms with van der Waals surface area (Å²) in [7, 11) is 0. The molecule has 0 aliphatic heterocycles. The van der Waals surface area contributed by atoms with Crippen LogP contribution in [-0.2, 0) is 20.9 Å². The standard InChI is InChI=1S/C8H20NO2PS/c1-6-10-12(13,11-7-2)9-8(3,4)5/h6-7H2,1-5H3,(H,9,13). The van der Waals surface area contributed by atoms with Crippen LogP contribution in [0.15, 0.2) is 0 Å². The van der Waals surface area contributed by atoms with Crippen LogP contribution >= 0.6 is 6.64 Å². The van der Waals surface area contributed by atoms with E-state index in [4.69, 9.17) is 20.9 Å². The van der Waals surface area contributed by atoms with Crippen LogP contribution in [0.25, 0.3) is 0 Å². The Morgan fingerprint density at radius 1 is 1.15 bits per heavy atom. The van der Waals surface area contributed by atoms with Crippen molar-refractivity contribution >= 4 is 18.4 Å². The molecule has 13 heavy (non-hydrogen) atoms. The molecule has 0 amide bonds. The average molecular weight is 225 g/mol. The summed E-state index contributed by atoms with van der Waals surface area (Å²) in [6.07, 6.45) is 0. The van der Waals surface area contributed by atoms with Gasteiger partial charge in [-0.2, -0.15) is 0 Å². The predicted octanol–water partition coefficient (Wildman–Crippen LogP) is 2.67. The highest BCUT2D eigenvalue weighted by atomic mass is 32.5. The van der Waals surface area contributed by atoms with Gasteiger partial charge < -0.3 is 9.05 Å². The molecule has 0 aromatic rings. The van der Waals surface area contributed by atoms with Crippen LogP contribution in [0.1, 0.15) is 34.6 Å². The molecule has 0 spiro atoms. The van der Waals surface area contributed by atoms with Gasteiger partial charge in [0, 0.05) is 5.54 Å². The zero-order valence-electron chi connectivity index (χ0n) is 9.09. The van der Waals surface area contributed by atoms with E-state index in [1.165, 1.54) is 0 Å². The van der Waals surface area contributed by atoms with Crippen LogP contribution in [0.5, 0.6) is 0 Å². The first kappa shape index (κ1) is 13.5. The van der Waals surface area contributed by atoms with Gasteiger partial charge in [0.05, 0.1) is 13.2 Å². The van der Waals surface area contributed by atoms with Gasteiger partial charge in [-0.1, -0.05) is 0 Å². The Labute approximate surface area is 86.4 Å². The molecule has 0 aliphatic carbocycles. The maximum atomic E-state index is 5.44. The van der Waals surface area contributed by atoms with Crippen LogP contribution in [-0.4, -0.2) is 18.8 Å². The van der Waals surface area contributed by atoms with E-state index >= 15 is 0 Å². The fourth-order valence-corrected chi connectivity index (χ4v) is 4.01. The van der Waals surface area contributed by atoms with Crippen molar-refractivity contribution in [2.75, 3.05) is 13.2 Å². The molecule has 0 rings (SSSR count). The fourth-order valence-electron chi connectivity index (χ4n) is 0.853. The lowest BCUT2D eigenvalue weighted by Crippen LogP contribution is -2.34. The molecule has 0 unspecified atom stereocenters. The second-order valence-corrected chi connectivity index (χ2v) is 6.87. The van der Waals surface area contributed by atoms with Gasteiger partial charge in [-0.25, -0.2) is 5.09 Å². The monoisotopic (exact) mass is 225 g/mol. The van der Waals surface area contributed by atoms with Crippen molar-refractivity contribution in [3.8, 4) is 0 Å². The fraction of sp³-hybridized carbons (Fsp3) is 1.00. The Balaban J connectivity index is 4.33. The summed E-state index contributed by atoms with van der Waals surface area (Å²) in [6.45, 7) is 8.90. The molecule has 0 saturated carbocycles. The van der Waals surface area contributed by atoms with Gasteiger partial charge in [-0.3, -0.25) is 0 Å². The maximum Gasteiger partial charge on any atom is 0.261 e. The van der Waals surface area contributed by atoms with Gasteiger partial charge in [0.2, 0.25) is 0 Å². The highest BCUT2D eigenvalue weighted by molar-refractivity contribution is 8.09.